The van der Waals surface area contributed by atoms with E-state index < -0.39 is 0 Å². The minimum absolute atomic E-state index is 0.639. The molecule has 0 saturated carbocycles. The lowest BCUT2D eigenvalue weighted by atomic mass is 9.88. The normalized spacial score (nSPS) is 23.3. The van der Waals surface area contributed by atoms with Crippen LogP contribution < -0.4 is 4.90 Å². The molecule has 20 heavy (non-hydrogen) atoms. The molecule has 0 bridgehead atoms. The summed E-state index contributed by atoms with van der Waals surface area (Å²) in [6.07, 6.45) is 11.9. The number of piperidine rings is 1. The molecule has 3 rings (SSSR count). The van der Waals surface area contributed by atoms with Crippen molar-refractivity contribution in [2.24, 2.45) is 5.92 Å². The molecule has 1 aromatic rings. The van der Waals surface area contributed by atoms with Crippen LogP contribution in [0.5, 0.6) is 0 Å². The van der Waals surface area contributed by atoms with Crippen molar-refractivity contribution in [3.05, 3.63) is 41.6 Å². The van der Waals surface area contributed by atoms with Gasteiger partial charge in [0.05, 0.1) is 0 Å². The molecule has 1 aromatic heterocycles. The molecular weight excluding hydrogens is 244 g/mol. The molecule has 2 heterocycles. The van der Waals surface area contributed by atoms with Crippen molar-refractivity contribution in [3.8, 4) is 0 Å². The smallest absolute Gasteiger partial charge is 0.129 e. The number of allylic oxidation sites excluding steroid dienone is 4. The van der Waals surface area contributed by atoms with Crippen molar-refractivity contribution in [1.29, 1.82) is 0 Å². The molecular formula is C18H24N2. The second kappa shape index (κ2) is 5.82. The van der Waals surface area contributed by atoms with Crippen LogP contribution in [0.1, 0.15) is 45.1 Å². The molecule has 1 unspecified atom stereocenters. The summed E-state index contributed by atoms with van der Waals surface area (Å²) in [5, 5.41) is 0. The lowest BCUT2D eigenvalue weighted by molar-refractivity contribution is 0.573. The monoisotopic (exact) mass is 268 g/mol. The SMILES string of the molecule is CC1=CCC(C)C=C1c1ccnc(N2CCCCC2)c1. The van der Waals surface area contributed by atoms with Gasteiger partial charge >= 0.3 is 0 Å². The van der Waals surface area contributed by atoms with Crippen molar-refractivity contribution >= 4 is 11.4 Å². The van der Waals surface area contributed by atoms with E-state index in [-0.39, 0.29) is 0 Å². The fraction of sp³-hybridized carbons (Fsp3) is 0.500. The van der Waals surface area contributed by atoms with E-state index >= 15 is 0 Å². The van der Waals surface area contributed by atoms with E-state index in [1.807, 2.05) is 6.20 Å². The van der Waals surface area contributed by atoms with Crippen LogP contribution in [0.15, 0.2) is 36.1 Å². The molecule has 0 aromatic carbocycles. The first-order valence-electron chi connectivity index (χ1n) is 7.84. The van der Waals surface area contributed by atoms with Gasteiger partial charge in [-0.2, -0.15) is 0 Å². The summed E-state index contributed by atoms with van der Waals surface area (Å²) in [5.74, 6) is 1.79. The number of hydrogen-bond donors (Lipinski definition) is 0. The Kier molecular flexibility index (Phi) is 3.90. The van der Waals surface area contributed by atoms with Crippen LogP contribution in [0, 0.1) is 5.92 Å². The van der Waals surface area contributed by atoms with E-state index in [9.17, 15) is 0 Å². The summed E-state index contributed by atoms with van der Waals surface area (Å²) in [6.45, 7) is 6.82. The third kappa shape index (κ3) is 2.79. The highest BCUT2D eigenvalue weighted by atomic mass is 15.2. The molecule has 1 aliphatic carbocycles. The zero-order chi connectivity index (χ0) is 13.9. The van der Waals surface area contributed by atoms with Crippen molar-refractivity contribution in [2.75, 3.05) is 18.0 Å². The molecule has 1 aliphatic heterocycles. The Morgan fingerprint density at radius 3 is 2.80 bits per heavy atom. The van der Waals surface area contributed by atoms with Gasteiger partial charge < -0.3 is 4.90 Å². The highest BCUT2D eigenvalue weighted by Gasteiger charge is 2.15. The topological polar surface area (TPSA) is 16.1 Å². The number of anilines is 1. The first kappa shape index (κ1) is 13.4. The van der Waals surface area contributed by atoms with Gasteiger partial charge in [-0.1, -0.05) is 19.1 Å². The molecule has 2 aliphatic rings. The molecule has 106 valence electrons. The summed E-state index contributed by atoms with van der Waals surface area (Å²) in [7, 11) is 0. The minimum atomic E-state index is 0.639. The van der Waals surface area contributed by atoms with Gasteiger partial charge in [-0.25, -0.2) is 4.98 Å². The van der Waals surface area contributed by atoms with Gasteiger partial charge in [-0.05, 0) is 67.4 Å². The van der Waals surface area contributed by atoms with Crippen molar-refractivity contribution < 1.29 is 0 Å². The average Bonchev–Trinajstić information content (AvgIpc) is 2.51. The third-order valence-electron chi connectivity index (χ3n) is 4.41. The number of rotatable bonds is 2. The van der Waals surface area contributed by atoms with Crippen LogP contribution in [-0.2, 0) is 0 Å². The van der Waals surface area contributed by atoms with Gasteiger partial charge in [0.25, 0.3) is 0 Å². The average molecular weight is 268 g/mol. The van der Waals surface area contributed by atoms with Crippen molar-refractivity contribution in [2.45, 2.75) is 39.5 Å². The van der Waals surface area contributed by atoms with Crippen LogP contribution in [0.25, 0.3) is 5.57 Å². The zero-order valence-corrected chi connectivity index (χ0v) is 12.6. The molecule has 0 amide bonds. The number of nitrogens with zero attached hydrogens (tertiary/aromatic N) is 2. The molecule has 0 N–H and O–H groups in total. The van der Waals surface area contributed by atoms with Gasteiger partial charge in [0.2, 0.25) is 0 Å². The van der Waals surface area contributed by atoms with E-state index in [1.165, 1.54) is 42.4 Å². The maximum Gasteiger partial charge on any atom is 0.129 e. The zero-order valence-electron chi connectivity index (χ0n) is 12.6. The summed E-state index contributed by atoms with van der Waals surface area (Å²) >= 11 is 0. The standard InChI is InChI=1S/C18H24N2/c1-14-6-7-15(2)17(12-14)16-8-9-19-18(13-16)20-10-4-3-5-11-20/h7-9,12-14H,3-6,10-11H2,1-2H3. The quantitative estimate of drug-likeness (QED) is 0.788. The van der Waals surface area contributed by atoms with Gasteiger partial charge in [0.1, 0.15) is 5.82 Å². The van der Waals surface area contributed by atoms with Crippen LogP contribution in [0.2, 0.25) is 0 Å². The predicted octanol–water partition coefficient (Wildman–Crippen LogP) is 4.44. The van der Waals surface area contributed by atoms with Gasteiger partial charge in [0.15, 0.2) is 0 Å². The lowest BCUT2D eigenvalue weighted by Crippen LogP contribution is -2.30. The van der Waals surface area contributed by atoms with E-state index in [4.69, 9.17) is 0 Å². The van der Waals surface area contributed by atoms with Crippen LogP contribution in [-0.4, -0.2) is 18.1 Å². The summed E-state index contributed by atoms with van der Waals surface area (Å²) in [4.78, 5) is 7.01. The third-order valence-corrected chi connectivity index (χ3v) is 4.41. The number of pyridine rings is 1. The molecule has 1 atom stereocenters. The number of aromatic nitrogens is 1. The number of hydrogen-bond acceptors (Lipinski definition) is 2. The minimum Gasteiger partial charge on any atom is -0.357 e. The molecule has 0 spiro atoms. The molecule has 1 saturated heterocycles. The Morgan fingerprint density at radius 2 is 2.00 bits per heavy atom. The van der Waals surface area contributed by atoms with Gasteiger partial charge in [-0.3, -0.25) is 0 Å². The second-order valence-electron chi connectivity index (χ2n) is 6.13. The van der Waals surface area contributed by atoms with Crippen LogP contribution in [0.4, 0.5) is 5.82 Å². The summed E-state index contributed by atoms with van der Waals surface area (Å²) in [6, 6.07) is 4.42. The molecule has 1 fully saturated rings. The lowest BCUT2D eigenvalue weighted by Gasteiger charge is -2.28. The summed E-state index contributed by atoms with van der Waals surface area (Å²) in [5.41, 5.74) is 4.11. The van der Waals surface area contributed by atoms with Crippen LogP contribution in [0.3, 0.4) is 0 Å². The Morgan fingerprint density at radius 1 is 1.20 bits per heavy atom. The molecule has 2 nitrogen and oxygen atoms in total. The van der Waals surface area contributed by atoms with E-state index in [0.29, 0.717) is 5.92 Å². The first-order chi connectivity index (χ1) is 9.74. The van der Waals surface area contributed by atoms with Crippen molar-refractivity contribution in [1.82, 2.24) is 4.98 Å². The Bertz CT molecular complexity index is 536. The maximum absolute atomic E-state index is 4.58. The van der Waals surface area contributed by atoms with E-state index in [0.717, 1.165) is 18.9 Å². The maximum atomic E-state index is 4.58. The van der Waals surface area contributed by atoms with E-state index in [2.05, 4.69) is 48.0 Å². The van der Waals surface area contributed by atoms with Crippen LogP contribution >= 0.6 is 0 Å². The highest BCUT2D eigenvalue weighted by Crippen LogP contribution is 2.31. The van der Waals surface area contributed by atoms with Gasteiger partial charge in [-0.15, -0.1) is 0 Å². The molecule has 2 heteroatoms. The largest absolute Gasteiger partial charge is 0.357 e. The highest BCUT2D eigenvalue weighted by molar-refractivity contribution is 5.80. The fourth-order valence-corrected chi connectivity index (χ4v) is 3.16. The van der Waals surface area contributed by atoms with Gasteiger partial charge in [0, 0.05) is 19.3 Å². The second-order valence-corrected chi connectivity index (χ2v) is 6.13. The summed E-state index contributed by atoms with van der Waals surface area (Å²) < 4.78 is 0. The Labute approximate surface area is 122 Å². The van der Waals surface area contributed by atoms with E-state index in [1.54, 1.807) is 0 Å². The Hall–Kier alpha value is -1.57. The molecule has 0 radical (unpaired) electrons. The Balaban J connectivity index is 1.89. The predicted molar refractivity (Wildman–Crippen MR) is 85.8 cm³/mol. The van der Waals surface area contributed by atoms with Crippen molar-refractivity contribution in [3.63, 3.8) is 0 Å². The fourth-order valence-electron chi connectivity index (χ4n) is 3.16. The first-order valence-corrected chi connectivity index (χ1v) is 7.84.